The molecular weight excluding hydrogens is 176 g/mol. The van der Waals surface area contributed by atoms with E-state index in [4.69, 9.17) is 6.42 Å². The van der Waals surface area contributed by atoms with Gasteiger partial charge in [0.2, 0.25) is 0 Å². The summed E-state index contributed by atoms with van der Waals surface area (Å²) in [5, 5.41) is 19.7. The summed E-state index contributed by atoms with van der Waals surface area (Å²) in [6, 6.07) is 0. The number of aliphatic hydroxyl groups is 2. The first-order valence-corrected chi connectivity index (χ1v) is 5.27. The molecule has 2 heteroatoms. The molecule has 0 fully saturated rings. The average Bonchev–Trinajstić information content (AvgIpc) is 2.23. The van der Waals surface area contributed by atoms with Crippen LogP contribution in [0.1, 0.15) is 34.1 Å². The Morgan fingerprint density at radius 2 is 1.64 bits per heavy atom. The van der Waals surface area contributed by atoms with Gasteiger partial charge in [-0.1, -0.05) is 27.2 Å². The molecule has 0 bridgehead atoms. The molecule has 82 valence electrons. The Kier molecular flexibility index (Phi) is 5.83. The molecule has 0 amide bonds. The monoisotopic (exact) mass is 198 g/mol. The first-order chi connectivity index (χ1) is 6.45. The number of hydrogen-bond acceptors (Lipinski definition) is 2. The van der Waals surface area contributed by atoms with Crippen LogP contribution in [0, 0.1) is 30.1 Å². The zero-order valence-corrected chi connectivity index (χ0v) is 9.57. The molecule has 2 N–H and O–H groups in total. The quantitative estimate of drug-likeness (QED) is 0.660. The maximum atomic E-state index is 9.87. The molecule has 5 atom stereocenters. The van der Waals surface area contributed by atoms with Gasteiger partial charge in [-0.05, 0) is 12.8 Å². The van der Waals surface area contributed by atoms with Gasteiger partial charge >= 0.3 is 0 Å². The molecule has 0 unspecified atom stereocenters. The second-order valence-electron chi connectivity index (χ2n) is 4.18. The van der Waals surface area contributed by atoms with Crippen LogP contribution in [0.3, 0.4) is 0 Å². The Morgan fingerprint density at radius 3 is 2.00 bits per heavy atom. The molecule has 0 heterocycles. The van der Waals surface area contributed by atoms with Crippen molar-refractivity contribution < 1.29 is 10.2 Å². The van der Waals surface area contributed by atoms with Gasteiger partial charge in [0.05, 0.1) is 12.2 Å². The van der Waals surface area contributed by atoms with Crippen LogP contribution >= 0.6 is 0 Å². The lowest BCUT2D eigenvalue weighted by atomic mass is 9.84. The molecule has 0 aliphatic rings. The van der Waals surface area contributed by atoms with Gasteiger partial charge < -0.3 is 10.2 Å². The smallest absolute Gasteiger partial charge is 0.0725 e. The molecule has 0 rings (SSSR count). The highest BCUT2D eigenvalue weighted by atomic mass is 16.3. The van der Waals surface area contributed by atoms with Gasteiger partial charge in [0.1, 0.15) is 0 Å². The first kappa shape index (κ1) is 13.5. The fourth-order valence-corrected chi connectivity index (χ4v) is 1.52. The van der Waals surface area contributed by atoms with Crippen molar-refractivity contribution >= 4 is 0 Å². The molecule has 2 nitrogen and oxygen atoms in total. The summed E-state index contributed by atoms with van der Waals surface area (Å²) < 4.78 is 0. The lowest BCUT2D eigenvalue weighted by Crippen LogP contribution is -2.37. The van der Waals surface area contributed by atoms with Crippen molar-refractivity contribution in [2.75, 3.05) is 0 Å². The summed E-state index contributed by atoms with van der Waals surface area (Å²) in [5.74, 6) is 2.32. The van der Waals surface area contributed by atoms with E-state index in [0.717, 1.165) is 6.42 Å². The minimum atomic E-state index is -0.621. The molecule has 0 aliphatic carbocycles. The number of aliphatic hydroxyl groups excluding tert-OH is 2. The third-order valence-electron chi connectivity index (χ3n) is 3.08. The molecule has 0 aliphatic heterocycles. The third kappa shape index (κ3) is 3.32. The molecule has 0 spiro atoms. The van der Waals surface area contributed by atoms with Crippen LogP contribution in [0.15, 0.2) is 0 Å². The van der Waals surface area contributed by atoms with Gasteiger partial charge in [0.15, 0.2) is 0 Å². The molecule has 14 heavy (non-hydrogen) atoms. The van der Waals surface area contributed by atoms with Crippen LogP contribution in [0.5, 0.6) is 0 Å². The van der Waals surface area contributed by atoms with E-state index in [1.807, 2.05) is 20.8 Å². The van der Waals surface area contributed by atoms with E-state index in [2.05, 4.69) is 5.92 Å². The highest BCUT2D eigenvalue weighted by Crippen LogP contribution is 2.22. The minimum absolute atomic E-state index is 0.170. The van der Waals surface area contributed by atoms with E-state index in [9.17, 15) is 10.2 Å². The van der Waals surface area contributed by atoms with Crippen LogP contribution in [0.2, 0.25) is 0 Å². The lowest BCUT2D eigenvalue weighted by molar-refractivity contribution is -0.0193. The van der Waals surface area contributed by atoms with Crippen LogP contribution in [0.25, 0.3) is 0 Å². The van der Waals surface area contributed by atoms with E-state index in [1.54, 1.807) is 6.92 Å². The third-order valence-corrected chi connectivity index (χ3v) is 3.08. The Morgan fingerprint density at radius 1 is 1.14 bits per heavy atom. The van der Waals surface area contributed by atoms with E-state index in [0.29, 0.717) is 0 Å². The van der Waals surface area contributed by atoms with Crippen LogP contribution in [-0.2, 0) is 0 Å². The fourth-order valence-electron chi connectivity index (χ4n) is 1.52. The van der Waals surface area contributed by atoms with Crippen molar-refractivity contribution in [2.45, 2.75) is 46.3 Å². The van der Waals surface area contributed by atoms with Crippen molar-refractivity contribution in [3.63, 3.8) is 0 Å². The van der Waals surface area contributed by atoms with Crippen molar-refractivity contribution in [3.05, 3.63) is 0 Å². The fraction of sp³-hybridized carbons (Fsp3) is 0.833. The molecule has 0 saturated heterocycles. The van der Waals surface area contributed by atoms with E-state index >= 15 is 0 Å². The highest BCUT2D eigenvalue weighted by Gasteiger charge is 2.28. The first-order valence-electron chi connectivity index (χ1n) is 5.27. The number of hydrogen-bond donors (Lipinski definition) is 2. The second kappa shape index (κ2) is 6.06. The molecular formula is C12H22O2. The zero-order chi connectivity index (χ0) is 11.3. The van der Waals surface area contributed by atoms with Gasteiger partial charge in [0.25, 0.3) is 0 Å². The highest BCUT2D eigenvalue weighted by molar-refractivity contribution is 4.96. The van der Waals surface area contributed by atoms with E-state index in [1.165, 1.54) is 0 Å². The molecule has 0 saturated carbocycles. The molecule has 0 aromatic rings. The number of rotatable bonds is 5. The lowest BCUT2D eigenvalue weighted by Gasteiger charge is -2.29. The summed E-state index contributed by atoms with van der Waals surface area (Å²) in [4.78, 5) is 0. The minimum Gasteiger partial charge on any atom is -0.392 e. The Labute approximate surface area is 87.3 Å². The van der Waals surface area contributed by atoms with Gasteiger partial charge in [0, 0.05) is 11.8 Å². The maximum absolute atomic E-state index is 9.87. The summed E-state index contributed by atoms with van der Waals surface area (Å²) in [5.41, 5.74) is 0. The van der Waals surface area contributed by atoms with E-state index < -0.39 is 12.2 Å². The van der Waals surface area contributed by atoms with Crippen LogP contribution in [0.4, 0.5) is 0 Å². The summed E-state index contributed by atoms with van der Waals surface area (Å²) in [6.45, 7) is 7.64. The normalized spacial score (nSPS) is 21.8. The van der Waals surface area contributed by atoms with Crippen molar-refractivity contribution in [3.8, 4) is 12.3 Å². The topological polar surface area (TPSA) is 40.5 Å². The van der Waals surface area contributed by atoms with Crippen molar-refractivity contribution in [2.24, 2.45) is 17.8 Å². The molecule has 0 radical (unpaired) electrons. The average molecular weight is 198 g/mol. The van der Waals surface area contributed by atoms with Gasteiger partial charge in [-0.15, -0.1) is 12.3 Å². The summed E-state index contributed by atoms with van der Waals surface area (Å²) in [6.07, 6.45) is 5.03. The van der Waals surface area contributed by atoms with Crippen molar-refractivity contribution in [1.29, 1.82) is 0 Å². The predicted octanol–water partition coefficient (Wildman–Crippen LogP) is 1.66. The van der Waals surface area contributed by atoms with Gasteiger partial charge in [-0.3, -0.25) is 0 Å². The maximum Gasteiger partial charge on any atom is 0.0725 e. The van der Waals surface area contributed by atoms with E-state index in [-0.39, 0.29) is 17.8 Å². The predicted molar refractivity (Wildman–Crippen MR) is 58.6 cm³/mol. The molecule has 0 aromatic heterocycles. The van der Waals surface area contributed by atoms with Crippen molar-refractivity contribution in [1.82, 2.24) is 0 Å². The zero-order valence-electron chi connectivity index (χ0n) is 9.57. The number of terminal acetylenes is 1. The SMILES string of the molecule is C#C[C@@H](C)[C@@H](O)[C@@H](C)[C@H](O)[C@@H](C)CC. The standard InChI is InChI=1S/C12H22O2/c1-6-8(3)11(13)10(5)12(14)9(4)7-2/h1,8-14H,7H2,2-5H3/t8-,9+,10-,11-,12-/m1/s1. The Bertz CT molecular complexity index is 195. The molecule has 0 aromatic carbocycles. The van der Waals surface area contributed by atoms with Gasteiger partial charge in [-0.2, -0.15) is 0 Å². The van der Waals surface area contributed by atoms with Crippen LogP contribution < -0.4 is 0 Å². The second-order valence-corrected chi connectivity index (χ2v) is 4.18. The van der Waals surface area contributed by atoms with Crippen LogP contribution in [-0.4, -0.2) is 22.4 Å². The summed E-state index contributed by atoms with van der Waals surface area (Å²) >= 11 is 0. The Balaban J connectivity index is 4.31. The largest absolute Gasteiger partial charge is 0.392 e. The summed E-state index contributed by atoms with van der Waals surface area (Å²) in [7, 11) is 0. The van der Waals surface area contributed by atoms with Gasteiger partial charge in [-0.25, -0.2) is 0 Å². The Hall–Kier alpha value is -0.520.